The number of fused-ring (bicyclic) bond motifs is 1. The van der Waals surface area contributed by atoms with Gasteiger partial charge in [0.25, 0.3) is 6.43 Å². The van der Waals surface area contributed by atoms with Crippen molar-refractivity contribution in [2.45, 2.75) is 6.43 Å². The fourth-order valence-electron chi connectivity index (χ4n) is 1.66. The molecular weight excluding hydrogens is 234 g/mol. The molecule has 2 rings (SSSR count). The molecule has 0 saturated carbocycles. The normalized spacial score (nSPS) is 19.4. The Morgan fingerprint density at radius 2 is 2.12 bits per heavy atom. The Labute approximate surface area is 97.8 Å². The van der Waals surface area contributed by atoms with E-state index in [2.05, 4.69) is 0 Å². The molecule has 0 radical (unpaired) electrons. The minimum atomic E-state index is -2.39. The van der Waals surface area contributed by atoms with Crippen molar-refractivity contribution in [2.75, 3.05) is 13.6 Å². The highest BCUT2D eigenvalue weighted by atomic mass is 35.5. The van der Waals surface area contributed by atoms with Crippen LogP contribution in [0.1, 0.15) is 0 Å². The largest absolute Gasteiger partial charge is 0.355 e. The Bertz CT molecular complexity index is 410. The first-order valence-electron chi connectivity index (χ1n) is 4.82. The SMILES string of the molecule is CN1C=CC2=CC(Cl)=CN(CC(F)F)C2=C1. The summed E-state index contributed by atoms with van der Waals surface area (Å²) in [5.74, 6) is 0. The van der Waals surface area contributed by atoms with Crippen LogP contribution < -0.4 is 0 Å². The highest BCUT2D eigenvalue weighted by Crippen LogP contribution is 2.29. The third-order valence-electron chi connectivity index (χ3n) is 2.33. The lowest BCUT2D eigenvalue weighted by Gasteiger charge is -2.31. The fourth-order valence-corrected chi connectivity index (χ4v) is 1.90. The first-order chi connectivity index (χ1) is 7.56. The van der Waals surface area contributed by atoms with Crippen LogP contribution in [0.3, 0.4) is 0 Å². The third kappa shape index (κ3) is 2.27. The van der Waals surface area contributed by atoms with Gasteiger partial charge in [0.2, 0.25) is 0 Å². The van der Waals surface area contributed by atoms with E-state index >= 15 is 0 Å². The highest BCUT2D eigenvalue weighted by Gasteiger charge is 2.21. The fraction of sp³-hybridized carbons (Fsp3) is 0.273. The molecular formula is C11H11ClF2N2. The topological polar surface area (TPSA) is 6.48 Å². The second-order valence-electron chi connectivity index (χ2n) is 3.65. The maximum atomic E-state index is 12.4. The van der Waals surface area contributed by atoms with Crippen LogP contribution in [0.15, 0.2) is 47.1 Å². The second kappa shape index (κ2) is 4.29. The number of nitrogens with zero attached hydrogens (tertiary/aromatic N) is 2. The van der Waals surface area contributed by atoms with Crippen LogP contribution in [-0.4, -0.2) is 29.8 Å². The summed E-state index contributed by atoms with van der Waals surface area (Å²) in [4.78, 5) is 3.29. The average molecular weight is 245 g/mol. The van der Waals surface area contributed by atoms with Gasteiger partial charge in [-0.2, -0.15) is 0 Å². The van der Waals surface area contributed by atoms with E-state index in [0.717, 1.165) is 11.3 Å². The van der Waals surface area contributed by atoms with Crippen LogP contribution in [0.5, 0.6) is 0 Å². The molecule has 0 amide bonds. The molecule has 16 heavy (non-hydrogen) atoms. The Hall–Kier alpha value is -1.29. The molecule has 0 aromatic heterocycles. The van der Waals surface area contributed by atoms with E-state index < -0.39 is 6.43 Å². The predicted molar refractivity (Wildman–Crippen MR) is 59.7 cm³/mol. The molecule has 2 heterocycles. The summed E-state index contributed by atoms with van der Waals surface area (Å²) >= 11 is 5.87. The van der Waals surface area contributed by atoms with Crippen molar-refractivity contribution < 1.29 is 8.78 Å². The molecule has 0 unspecified atom stereocenters. The lowest BCUT2D eigenvalue weighted by atomic mass is 10.1. The van der Waals surface area contributed by atoms with E-state index in [4.69, 9.17) is 11.6 Å². The van der Waals surface area contributed by atoms with E-state index in [9.17, 15) is 8.78 Å². The first-order valence-corrected chi connectivity index (χ1v) is 5.20. The summed E-state index contributed by atoms with van der Waals surface area (Å²) < 4.78 is 24.8. The Morgan fingerprint density at radius 3 is 2.81 bits per heavy atom. The smallest absolute Gasteiger partial charge is 0.256 e. The standard InChI is InChI=1S/C11H11ClF2N2/c1-15-3-2-8-4-9(12)5-16(7-11(13)14)10(8)6-15/h2-6,11H,7H2,1H3. The minimum Gasteiger partial charge on any atom is -0.355 e. The molecule has 5 heteroatoms. The number of alkyl halides is 2. The number of halogens is 3. The van der Waals surface area contributed by atoms with E-state index in [0.29, 0.717) is 5.03 Å². The van der Waals surface area contributed by atoms with Crippen molar-refractivity contribution in [1.82, 2.24) is 9.80 Å². The van der Waals surface area contributed by atoms with Gasteiger partial charge in [-0.05, 0) is 12.2 Å². The zero-order valence-corrected chi connectivity index (χ0v) is 9.46. The molecule has 2 nitrogen and oxygen atoms in total. The molecule has 0 aromatic rings. The molecule has 0 saturated heterocycles. The second-order valence-corrected chi connectivity index (χ2v) is 4.09. The lowest BCUT2D eigenvalue weighted by molar-refractivity contribution is 0.119. The van der Waals surface area contributed by atoms with Crippen LogP contribution in [0, 0.1) is 0 Å². The lowest BCUT2D eigenvalue weighted by Crippen LogP contribution is -2.28. The Kier molecular flexibility index (Phi) is 3.01. The zero-order valence-electron chi connectivity index (χ0n) is 8.70. The van der Waals surface area contributed by atoms with Gasteiger partial charge in [-0.3, -0.25) is 0 Å². The van der Waals surface area contributed by atoms with Gasteiger partial charge in [-0.25, -0.2) is 8.78 Å². The van der Waals surface area contributed by atoms with Gasteiger partial charge < -0.3 is 9.80 Å². The maximum Gasteiger partial charge on any atom is 0.256 e. The van der Waals surface area contributed by atoms with Gasteiger partial charge in [0.1, 0.15) is 0 Å². The Balaban J connectivity index is 2.30. The number of rotatable bonds is 2. The van der Waals surface area contributed by atoms with Gasteiger partial charge in [-0.15, -0.1) is 0 Å². The molecule has 0 aromatic carbocycles. The molecule has 2 aliphatic heterocycles. The molecule has 2 aliphatic rings. The Morgan fingerprint density at radius 1 is 1.38 bits per heavy atom. The molecule has 0 N–H and O–H groups in total. The molecule has 86 valence electrons. The van der Waals surface area contributed by atoms with Crippen molar-refractivity contribution in [3.8, 4) is 0 Å². The monoisotopic (exact) mass is 244 g/mol. The number of allylic oxidation sites excluding steroid dienone is 3. The molecule has 0 spiro atoms. The van der Waals surface area contributed by atoms with Crippen molar-refractivity contribution in [2.24, 2.45) is 0 Å². The van der Waals surface area contributed by atoms with Crippen LogP contribution in [0.25, 0.3) is 0 Å². The van der Waals surface area contributed by atoms with Gasteiger partial charge in [0, 0.05) is 31.2 Å². The van der Waals surface area contributed by atoms with Crippen molar-refractivity contribution >= 4 is 11.6 Å². The molecule has 0 bridgehead atoms. The summed E-state index contributed by atoms with van der Waals surface area (Å²) in [6, 6.07) is 0. The minimum absolute atomic E-state index is 0.346. The number of hydrogen-bond donors (Lipinski definition) is 0. The van der Waals surface area contributed by atoms with E-state index in [1.807, 2.05) is 24.2 Å². The van der Waals surface area contributed by atoms with Crippen LogP contribution in [0.2, 0.25) is 0 Å². The van der Waals surface area contributed by atoms with E-state index in [-0.39, 0.29) is 6.54 Å². The zero-order chi connectivity index (χ0) is 11.7. The highest BCUT2D eigenvalue weighted by molar-refractivity contribution is 6.31. The van der Waals surface area contributed by atoms with Gasteiger partial charge >= 0.3 is 0 Å². The van der Waals surface area contributed by atoms with Gasteiger partial charge in [0.15, 0.2) is 0 Å². The summed E-state index contributed by atoms with van der Waals surface area (Å²) in [5, 5.41) is 0.460. The van der Waals surface area contributed by atoms with Gasteiger partial charge in [-0.1, -0.05) is 11.6 Å². The van der Waals surface area contributed by atoms with Crippen molar-refractivity contribution in [3.63, 3.8) is 0 Å². The summed E-state index contributed by atoms with van der Waals surface area (Å²) in [6.07, 6.45) is 6.40. The van der Waals surface area contributed by atoms with Crippen molar-refractivity contribution in [1.29, 1.82) is 0 Å². The van der Waals surface area contributed by atoms with Crippen LogP contribution >= 0.6 is 11.6 Å². The van der Waals surface area contributed by atoms with Crippen molar-refractivity contribution in [3.05, 3.63) is 47.1 Å². The first kappa shape index (κ1) is 11.2. The predicted octanol–water partition coefficient (Wildman–Crippen LogP) is 2.87. The third-order valence-corrected chi connectivity index (χ3v) is 2.53. The quantitative estimate of drug-likeness (QED) is 0.737. The molecule has 0 aliphatic carbocycles. The van der Waals surface area contributed by atoms with Gasteiger partial charge in [0.05, 0.1) is 17.3 Å². The van der Waals surface area contributed by atoms with Crippen LogP contribution in [-0.2, 0) is 0 Å². The maximum absolute atomic E-state index is 12.4. The van der Waals surface area contributed by atoms with E-state index in [1.165, 1.54) is 11.1 Å². The summed E-state index contributed by atoms with van der Waals surface area (Å²) in [7, 11) is 1.85. The molecule has 0 atom stereocenters. The summed E-state index contributed by atoms with van der Waals surface area (Å²) in [6.45, 7) is -0.346. The average Bonchev–Trinajstić information content (AvgIpc) is 2.18. The van der Waals surface area contributed by atoms with Crippen LogP contribution in [0.4, 0.5) is 8.78 Å². The number of hydrogen-bond acceptors (Lipinski definition) is 2. The van der Waals surface area contributed by atoms with E-state index in [1.54, 1.807) is 12.3 Å². The summed E-state index contributed by atoms with van der Waals surface area (Å²) in [5.41, 5.74) is 1.60. The molecule has 0 fully saturated rings.